The first-order valence-corrected chi connectivity index (χ1v) is 7.22. The van der Waals surface area contributed by atoms with E-state index in [0.29, 0.717) is 5.75 Å². The number of non-ortho nitro benzene ring substituents is 1. The molecule has 0 aromatic heterocycles. The van der Waals surface area contributed by atoms with Crippen LogP contribution in [0.4, 0.5) is 11.4 Å². The number of hydrogen-bond donors (Lipinski definition) is 1. The molecule has 1 aromatic rings. The molecule has 0 spiro atoms. The molecule has 0 heterocycles. The van der Waals surface area contributed by atoms with Crippen LogP contribution >= 0.6 is 0 Å². The molecule has 1 N–H and O–H groups in total. The molecule has 1 aromatic carbocycles. The molecule has 0 bridgehead atoms. The third kappa shape index (κ3) is 5.99. The number of anilines is 1. The summed E-state index contributed by atoms with van der Waals surface area (Å²) in [6.45, 7) is 4.75. The fourth-order valence-corrected chi connectivity index (χ4v) is 2.00. The fraction of sp³-hybridized carbons (Fsp3) is 0.600. The topological polar surface area (TPSA) is 75.8 Å². The SMILES string of the molecule is CC(C)Oc1cc(N(C)CCCCCO)cc([N+](=O)[O-])c1. The van der Waals surface area contributed by atoms with Gasteiger partial charge in [-0.25, -0.2) is 0 Å². The Bertz CT molecular complexity index is 463. The van der Waals surface area contributed by atoms with Crippen LogP contribution in [0.15, 0.2) is 18.2 Å². The summed E-state index contributed by atoms with van der Waals surface area (Å²) in [4.78, 5) is 12.6. The summed E-state index contributed by atoms with van der Waals surface area (Å²) in [5.41, 5.74) is 0.800. The lowest BCUT2D eigenvalue weighted by Gasteiger charge is -2.20. The number of nitro benzene ring substituents is 1. The summed E-state index contributed by atoms with van der Waals surface area (Å²) < 4.78 is 5.57. The van der Waals surface area contributed by atoms with Gasteiger partial charge in [-0.15, -0.1) is 0 Å². The zero-order chi connectivity index (χ0) is 15.8. The van der Waals surface area contributed by atoms with Crippen LogP contribution in [0.3, 0.4) is 0 Å². The summed E-state index contributed by atoms with van der Waals surface area (Å²) in [6, 6.07) is 4.82. The third-order valence-electron chi connectivity index (χ3n) is 3.05. The van der Waals surface area contributed by atoms with Gasteiger partial charge in [0.15, 0.2) is 0 Å². The molecule has 6 nitrogen and oxygen atoms in total. The maximum atomic E-state index is 11.0. The predicted molar refractivity (Wildman–Crippen MR) is 83.1 cm³/mol. The molecule has 0 aliphatic rings. The largest absolute Gasteiger partial charge is 0.491 e. The standard InChI is InChI=1S/C15H24N2O4/c1-12(2)21-15-10-13(9-14(11-15)17(19)20)16(3)7-5-4-6-8-18/h9-12,18H,4-8H2,1-3H3. The number of aliphatic hydroxyl groups excluding tert-OH is 1. The van der Waals surface area contributed by atoms with E-state index >= 15 is 0 Å². The van der Waals surface area contributed by atoms with Crippen molar-refractivity contribution in [1.29, 1.82) is 0 Å². The monoisotopic (exact) mass is 296 g/mol. The fourth-order valence-electron chi connectivity index (χ4n) is 2.00. The van der Waals surface area contributed by atoms with Crippen LogP contribution in [0, 0.1) is 10.1 Å². The molecule has 0 amide bonds. The van der Waals surface area contributed by atoms with Crippen molar-refractivity contribution in [2.24, 2.45) is 0 Å². The third-order valence-corrected chi connectivity index (χ3v) is 3.05. The van der Waals surface area contributed by atoms with Gasteiger partial charge in [-0.3, -0.25) is 10.1 Å². The van der Waals surface area contributed by atoms with Gasteiger partial charge in [0.25, 0.3) is 5.69 Å². The van der Waals surface area contributed by atoms with Crippen molar-refractivity contribution in [3.8, 4) is 5.75 Å². The molecule has 1 rings (SSSR count). The minimum Gasteiger partial charge on any atom is -0.491 e. The molecule has 21 heavy (non-hydrogen) atoms. The molecule has 0 atom stereocenters. The summed E-state index contributed by atoms with van der Waals surface area (Å²) in [5.74, 6) is 0.511. The maximum absolute atomic E-state index is 11.0. The molecule has 6 heteroatoms. The highest BCUT2D eigenvalue weighted by molar-refractivity contribution is 5.57. The van der Waals surface area contributed by atoms with Crippen LogP contribution in [-0.4, -0.2) is 36.3 Å². The van der Waals surface area contributed by atoms with Gasteiger partial charge >= 0.3 is 0 Å². The van der Waals surface area contributed by atoms with Crippen molar-refractivity contribution in [1.82, 2.24) is 0 Å². The lowest BCUT2D eigenvalue weighted by molar-refractivity contribution is -0.384. The molecular weight excluding hydrogens is 272 g/mol. The van der Waals surface area contributed by atoms with Crippen molar-refractivity contribution >= 4 is 11.4 Å². The number of nitro groups is 1. The average molecular weight is 296 g/mol. The summed E-state index contributed by atoms with van der Waals surface area (Å²) in [7, 11) is 1.90. The maximum Gasteiger partial charge on any atom is 0.275 e. The number of rotatable bonds is 9. The Labute approximate surface area is 125 Å². The van der Waals surface area contributed by atoms with Crippen LogP contribution in [0.1, 0.15) is 33.1 Å². The lowest BCUT2D eigenvalue weighted by Crippen LogP contribution is -2.19. The number of aliphatic hydroxyl groups is 1. The Morgan fingerprint density at radius 1 is 1.29 bits per heavy atom. The van der Waals surface area contributed by atoms with Crippen LogP contribution in [0.25, 0.3) is 0 Å². The highest BCUT2D eigenvalue weighted by atomic mass is 16.6. The predicted octanol–water partition coefficient (Wildman–Crippen LogP) is 2.98. The first kappa shape index (κ1) is 17.2. The van der Waals surface area contributed by atoms with E-state index in [1.165, 1.54) is 6.07 Å². The first-order chi connectivity index (χ1) is 9.93. The van der Waals surface area contributed by atoms with E-state index in [0.717, 1.165) is 31.5 Å². The van der Waals surface area contributed by atoms with Crippen molar-refractivity contribution in [3.63, 3.8) is 0 Å². The van der Waals surface area contributed by atoms with E-state index in [-0.39, 0.29) is 18.4 Å². The van der Waals surface area contributed by atoms with Gasteiger partial charge < -0.3 is 14.7 Å². The van der Waals surface area contributed by atoms with Gasteiger partial charge in [-0.05, 0) is 33.1 Å². The molecule has 0 radical (unpaired) electrons. The Morgan fingerprint density at radius 3 is 2.57 bits per heavy atom. The molecule has 0 aliphatic carbocycles. The van der Waals surface area contributed by atoms with Crippen LogP contribution in [-0.2, 0) is 0 Å². The van der Waals surface area contributed by atoms with E-state index in [1.54, 1.807) is 6.07 Å². The number of unbranched alkanes of at least 4 members (excludes halogenated alkanes) is 2. The number of benzene rings is 1. The Hall–Kier alpha value is -1.82. The zero-order valence-electron chi connectivity index (χ0n) is 12.9. The first-order valence-electron chi connectivity index (χ1n) is 7.22. The zero-order valence-corrected chi connectivity index (χ0v) is 12.9. The van der Waals surface area contributed by atoms with Crippen LogP contribution in [0.5, 0.6) is 5.75 Å². The molecule has 118 valence electrons. The lowest BCUT2D eigenvalue weighted by atomic mass is 10.2. The molecule has 0 unspecified atom stereocenters. The molecule has 0 aliphatic heterocycles. The molecule has 0 saturated heterocycles. The highest BCUT2D eigenvalue weighted by Crippen LogP contribution is 2.28. The smallest absolute Gasteiger partial charge is 0.275 e. The van der Waals surface area contributed by atoms with E-state index in [4.69, 9.17) is 9.84 Å². The average Bonchev–Trinajstić information content (AvgIpc) is 2.42. The Balaban J connectivity index is 2.83. The normalized spacial score (nSPS) is 10.7. The van der Waals surface area contributed by atoms with Crippen LogP contribution in [0.2, 0.25) is 0 Å². The highest BCUT2D eigenvalue weighted by Gasteiger charge is 2.13. The Morgan fingerprint density at radius 2 is 2.00 bits per heavy atom. The van der Waals surface area contributed by atoms with Gasteiger partial charge in [0.1, 0.15) is 5.75 Å². The molecule has 0 fully saturated rings. The second kappa shape index (κ2) is 8.46. The summed E-state index contributed by atoms with van der Waals surface area (Å²) >= 11 is 0. The van der Waals surface area contributed by atoms with Crippen LogP contribution < -0.4 is 9.64 Å². The number of nitrogens with zero attached hydrogens (tertiary/aromatic N) is 2. The van der Waals surface area contributed by atoms with Crippen molar-refractivity contribution in [3.05, 3.63) is 28.3 Å². The Kier molecular flexibility index (Phi) is 6.94. The van der Waals surface area contributed by atoms with Gasteiger partial charge in [0.05, 0.1) is 17.1 Å². The van der Waals surface area contributed by atoms with Crippen molar-refractivity contribution < 1.29 is 14.8 Å². The van der Waals surface area contributed by atoms with E-state index in [2.05, 4.69) is 0 Å². The van der Waals surface area contributed by atoms with Crippen molar-refractivity contribution in [2.45, 2.75) is 39.2 Å². The van der Waals surface area contributed by atoms with Gasteiger partial charge in [-0.1, -0.05) is 0 Å². The molecule has 0 saturated carbocycles. The van der Waals surface area contributed by atoms with Gasteiger partial charge in [-0.2, -0.15) is 0 Å². The van der Waals surface area contributed by atoms with Crippen molar-refractivity contribution in [2.75, 3.05) is 25.1 Å². The number of ether oxygens (including phenoxy) is 1. The molecular formula is C15H24N2O4. The van der Waals surface area contributed by atoms with Gasteiger partial charge in [0, 0.05) is 38.0 Å². The summed E-state index contributed by atoms with van der Waals surface area (Å²) in [6.07, 6.45) is 2.62. The second-order valence-corrected chi connectivity index (χ2v) is 5.31. The minimum absolute atomic E-state index is 0.0327. The quantitative estimate of drug-likeness (QED) is 0.431. The van der Waals surface area contributed by atoms with E-state index in [9.17, 15) is 10.1 Å². The minimum atomic E-state index is -0.406. The second-order valence-electron chi connectivity index (χ2n) is 5.31. The number of hydrogen-bond acceptors (Lipinski definition) is 5. The van der Waals surface area contributed by atoms with Gasteiger partial charge in [0.2, 0.25) is 0 Å². The van der Waals surface area contributed by atoms with E-state index in [1.807, 2.05) is 31.9 Å². The van der Waals surface area contributed by atoms with E-state index < -0.39 is 4.92 Å². The summed E-state index contributed by atoms with van der Waals surface area (Å²) in [5, 5.41) is 19.8.